The lowest BCUT2D eigenvalue weighted by Crippen LogP contribution is -2.21. The molecule has 4 rings (SSSR count). The summed E-state index contributed by atoms with van der Waals surface area (Å²) in [7, 11) is 0. The van der Waals surface area contributed by atoms with E-state index in [1.165, 1.54) is 5.56 Å². The molecule has 1 aromatic heterocycles. The van der Waals surface area contributed by atoms with Crippen molar-refractivity contribution in [3.63, 3.8) is 0 Å². The van der Waals surface area contributed by atoms with Gasteiger partial charge in [0.1, 0.15) is 0 Å². The first-order valence-electron chi connectivity index (χ1n) is 7.80. The van der Waals surface area contributed by atoms with E-state index < -0.39 is 0 Å². The van der Waals surface area contributed by atoms with Crippen molar-refractivity contribution in [1.29, 1.82) is 0 Å². The summed E-state index contributed by atoms with van der Waals surface area (Å²) in [5.41, 5.74) is 8.16. The topological polar surface area (TPSA) is 57.2 Å². The molecule has 0 fully saturated rings. The van der Waals surface area contributed by atoms with Crippen molar-refractivity contribution in [2.45, 2.75) is 19.3 Å². The van der Waals surface area contributed by atoms with Gasteiger partial charge in [0, 0.05) is 22.7 Å². The molecule has 23 heavy (non-hydrogen) atoms. The molecule has 0 unspecified atom stereocenters. The van der Waals surface area contributed by atoms with Crippen LogP contribution >= 0.6 is 0 Å². The molecule has 114 valence electrons. The standard InChI is InChI=1S/C19H17N3O/c23-19(11-14-12-20-17-8-4-3-7-16(14)17)22-21-18-10-9-13-5-1-2-6-15(13)18/h1-8,12,20H,9-11H2,(H,22,23). The molecule has 0 aliphatic heterocycles. The number of nitrogens with zero attached hydrogens (tertiary/aromatic N) is 1. The quantitative estimate of drug-likeness (QED) is 0.717. The predicted octanol–water partition coefficient (Wildman–Crippen LogP) is 3.18. The molecular formula is C19H17N3O. The van der Waals surface area contributed by atoms with Crippen LogP contribution in [-0.4, -0.2) is 16.6 Å². The molecule has 0 saturated heterocycles. The van der Waals surface area contributed by atoms with Gasteiger partial charge in [0.05, 0.1) is 12.1 Å². The first-order valence-corrected chi connectivity index (χ1v) is 7.80. The Morgan fingerprint density at radius 2 is 1.91 bits per heavy atom. The highest BCUT2D eigenvalue weighted by atomic mass is 16.2. The Hall–Kier alpha value is -2.88. The van der Waals surface area contributed by atoms with E-state index in [1.54, 1.807) is 0 Å². The summed E-state index contributed by atoms with van der Waals surface area (Å²) in [5, 5.41) is 5.42. The van der Waals surface area contributed by atoms with Crippen molar-refractivity contribution in [1.82, 2.24) is 10.4 Å². The monoisotopic (exact) mass is 303 g/mol. The molecule has 4 nitrogen and oxygen atoms in total. The van der Waals surface area contributed by atoms with E-state index in [0.717, 1.165) is 40.6 Å². The van der Waals surface area contributed by atoms with Crippen LogP contribution in [0, 0.1) is 0 Å². The fourth-order valence-corrected chi connectivity index (χ4v) is 3.14. The molecule has 0 radical (unpaired) electrons. The highest BCUT2D eigenvalue weighted by Crippen LogP contribution is 2.22. The lowest BCUT2D eigenvalue weighted by molar-refractivity contribution is -0.120. The van der Waals surface area contributed by atoms with Crippen molar-refractivity contribution < 1.29 is 4.79 Å². The number of benzene rings is 2. The van der Waals surface area contributed by atoms with Crippen LogP contribution in [-0.2, 0) is 17.6 Å². The van der Waals surface area contributed by atoms with Gasteiger partial charge >= 0.3 is 0 Å². The summed E-state index contributed by atoms with van der Waals surface area (Å²) < 4.78 is 0. The van der Waals surface area contributed by atoms with Gasteiger partial charge in [-0.1, -0.05) is 42.5 Å². The molecule has 3 aromatic rings. The molecule has 0 spiro atoms. The first-order chi connectivity index (χ1) is 11.3. The highest BCUT2D eigenvalue weighted by Gasteiger charge is 2.17. The number of hydrogen-bond donors (Lipinski definition) is 2. The summed E-state index contributed by atoms with van der Waals surface area (Å²) in [6, 6.07) is 16.2. The van der Waals surface area contributed by atoms with Crippen LogP contribution in [0.3, 0.4) is 0 Å². The van der Waals surface area contributed by atoms with Gasteiger partial charge in [0.25, 0.3) is 0 Å². The molecule has 1 aliphatic carbocycles. The number of aromatic nitrogens is 1. The summed E-state index contributed by atoms with van der Waals surface area (Å²) in [5.74, 6) is -0.0911. The number of aromatic amines is 1. The zero-order valence-corrected chi connectivity index (χ0v) is 12.7. The first kappa shape index (κ1) is 13.8. The number of rotatable bonds is 3. The number of hydrogen-bond acceptors (Lipinski definition) is 2. The van der Waals surface area contributed by atoms with E-state index in [9.17, 15) is 4.79 Å². The normalized spacial score (nSPS) is 15.0. The number of H-pyrrole nitrogens is 1. The number of fused-ring (bicyclic) bond motifs is 2. The Morgan fingerprint density at radius 3 is 2.87 bits per heavy atom. The van der Waals surface area contributed by atoms with Crippen molar-refractivity contribution in [2.75, 3.05) is 0 Å². The van der Waals surface area contributed by atoms with Gasteiger partial charge < -0.3 is 4.98 Å². The second-order valence-electron chi connectivity index (χ2n) is 5.79. The van der Waals surface area contributed by atoms with Gasteiger partial charge in [-0.2, -0.15) is 5.10 Å². The summed E-state index contributed by atoms with van der Waals surface area (Å²) in [6.45, 7) is 0. The molecule has 1 amide bonds. The maximum absolute atomic E-state index is 12.2. The SMILES string of the molecule is O=C(Cc1c[nH]c2ccccc12)NN=C1CCc2ccccc21. The molecule has 1 aliphatic rings. The van der Waals surface area contributed by atoms with Gasteiger partial charge in [0.15, 0.2) is 0 Å². The molecule has 2 aromatic carbocycles. The van der Waals surface area contributed by atoms with Crippen LogP contribution in [0.25, 0.3) is 10.9 Å². The zero-order chi connectivity index (χ0) is 15.6. The predicted molar refractivity (Wildman–Crippen MR) is 91.4 cm³/mol. The van der Waals surface area contributed by atoms with Crippen molar-refractivity contribution in [2.24, 2.45) is 5.10 Å². The fraction of sp³-hybridized carbons (Fsp3) is 0.158. The number of aryl methyl sites for hydroxylation is 1. The van der Waals surface area contributed by atoms with Crippen molar-refractivity contribution >= 4 is 22.5 Å². The van der Waals surface area contributed by atoms with Crippen molar-refractivity contribution in [3.8, 4) is 0 Å². The largest absolute Gasteiger partial charge is 0.361 e. The number of carbonyl (C=O) groups is 1. The third kappa shape index (κ3) is 2.63. The molecule has 4 heteroatoms. The summed E-state index contributed by atoms with van der Waals surface area (Å²) >= 11 is 0. The summed E-state index contributed by atoms with van der Waals surface area (Å²) in [6.07, 6.45) is 4.09. The van der Waals surface area contributed by atoms with E-state index in [0.29, 0.717) is 6.42 Å². The maximum atomic E-state index is 12.2. The third-order valence-corrected chi connectivity index (χ3v) is 4.30. The van der Waals surface area contributed by atoms with Crippen LogP contribution < -0.4 is 5.43 Å². The second-order valence-corrected chi connectivity index (χ2v) is 5.79. The number of para-hydroxylation sites is 1. The second kappa shape index (κ2) is 5.72. The van der Waals surface area contributed by atoms with Crippen LogP contribution in [0.15, 0.2) is 59.8 Å². The van der Waals surface area contributed by atoms with Crippen molar-refractivity contribution in [3.05, 3.63) is 71.4 Å². The third-order valence-electron chi connectivity index (χ3n) is 4.30. The lowest BCUT2D eigenvalue weighted by atomic mass is 10.1. The van der Waals surface area contributed by atoms with Gasteiger partial charge in [-0.05, 0) is 30.0 Å². The minimum absolute atomic E-state index is 0.0911. The Morgan fingerprint density at radius 1 is 1.09 bits per heavy atom. The molecule has 0 bridgehead atoms. The molecule has 0 saturated carbocycles. The van der Waals surface area contributed by atoms with E-state index in [4.69, 9.17) is 0 Å². The van der Waals surface area contributed by atoms with Gasteiger partial charge in [-0.15, -0.1) is 0 Å². The minimum atomic E-state index is -0.0911. The van der Waals surface area contributed by atoms with E-state index >= 15 is 0 Å². The van der Waals surface area contributed by atoms with Crippen LogP contribution in [0.5, 0.6) is 0 Å². The van der Waals surface area contributed by atoms with Gasteiger partial charge in [0.2, 0.25) is 5.91 Å². The summed E-state index contributed by atoms with van der Waals surface area (Å²) in [4.78, 5) is 15.4. The van der Waals surface area contributed by atoms with Gasteiger partial charge in [-0.25, -0.2) is 5.43 Å². The zero-order valence-electron chi connectivity index (χ0n) is 12.7. The smallest absolute Gasteiger partial charge is 0.244 e. The van der Waals surface area contributed by atoms with E-state index in [1.807, 2.05) is 42.6 Å². The Labute approximate surface area is 134 Å². The number of hydrazone groups is 1. The fourth-order valence-electron chi connectivity index (χ4n) is 3.14. The molecular weight excluding hydrogens is 286 g/mol. The highest BCUT2D eigenvalue weighted by molar-refractivity contribution is 6.05. The Kier molecular flexibility index (Phi) is 3.42. The van der Waals surface area contributed by atoms with Crippen LogP contribution in [0.1, 0.15) is 23.1 Å². The van der Waals surface area contributed by atoms with Crippen LogP contribution in [0.4, 0.5) is 0 Å². The van der Waals surface area contributed by atoms with E-state index in [-0.39, 0.29) is 5.91 Å². The average Bonchev–Trinajstić information content (AvgIpc) is 3.18. The molecule has 0 atom stereocenters. The number of amides is 1. The number of carbonyl (C=O) groups excluding carboxylic acids is 1. The lowest BCUT2D eigenvalue weighted by Gasteiger charge is -2.02. The van der Waals surface area contributed by atoms with Gasteiger partial charge in [-0.3, -0.25) is 4.79 Å². The maximum Gasteiger partial charge on any atom is 0.244 e. The molecule has 1 heterocycles. The average molecular weight is 303 g/mol. The van der Waals surface area contributed by atoms with E-state index in [2.05, 4.69) is 27.6 Å². The number of nitrogens with one attached hydrogen (secondary N) is 2. The van der Waals surface area contributed by atoms with Crippen LogP contribution in [0.2, 0.25) is 0 Å². The Bertz CT molecular complexity index is 908. The molecule has 2 N–H and O–H groups in total. The Balaban J connectivity index is 1.48. The minimum Gasteiger partial charge on any atom is -0.361 e.